The highest BCUT2D eigenvalue weighted by molar-refractivity contribution is 5.97. The smallest absolute Gasteiger partial charge is 0.159 e. The number of carbonyl (C=O) groups is 2. The first kappa shape index (κ1) is 16.4. The maximum atomic E-state index is 12.2. The number of rotatable bonds is 3. The average Bonchev–Trinajstić information content (AvgIpc) is 2.36. The zero-order valence-corrected chi connectivity index (χ0v) is 13.4. The van der Waals surface area contributed by atoms with Gasteiger partial charge in [-0.25, -0.2) is 0 Å². The molecule has 1 aromatic carbocycles. The minimum absolute atomic E-state index is 0.0888. The first-order valence-electron chi connectivity index (χ1n) is 7.37. The van der Waals surface area contributed by atoms with Gasteiger partial charge in [0.15, 0.2) is 5.78 Å². The number of ketones is 2. The van der Waals surface area contributed by atoms with Gasteiger partial charge in [-0.2, -0.15) is 0 Å². The summed E-state index contributed by atoms with van der Waals surface area (Å²) >= 11 is 0. The summed E-state index contributed by atoms with van der Waals surface area (Å²) in [4.78, 5) is 24.2. The molecular formula is C18H22O4. The molecular weight excluding hydrogens is 280 g/mol. The standard InChI is InChI=1S/C18H22O4/c1-10-5-7-13(8-6-10)16-15(11(2)19)14(21)9-18(4,22)17(16)12(3)20/h5-8,16-17,21-22H,9H2,1-4H3. The summed E-state index contributed by atoms with van der Waals surface area (Å²) < 4.78 is 0. The van der Waals surface area contributed by atoms with E-state index in [1.807, 2.05) is 31.2 Å². The Hall–Kier alpha value is -1.94. The number of aliphatic hydroxyl groups is 2. The van der Waals surface area contributed by atoms with Crippen LogP contribution >= 0.6 is 0 Å². The molecule has 4 nitrogen and oxygen atoms in total. The average molecular weight is 302 g/mol. The fourth-order valence-electron chi connectivity index (χ4n) is 3.48. The Balaban J connectivity index is 2.69. The fourth-order valence-corrected chi connectivity index (χ4v) is 3.48. The van der Waals surface area contributed by atoms with Gasteiger partial charge in [0.1, 0.15) is 11.5 Å². The van der Waals surface area contributed by atoms with E-state index >= 15 is 0 Å². The van der Waals surface area contributed by atoms with Crippen LogP contribution in [0.5, 0.6) is 0 Å². The normalized spacial score (nSPS) is 28.6. The molecule has 0 saturated heterocycles. The lowest BCUT2D eigenvalue weighted by Crippen LogP contribution is -2.47. The van der Waals surface area contributed by atoms with Gasteiger partial charge >= 0.3 is 0 Å². The number of hydrogen-bond donors (Lipinski definition) is 2. The Kier molecular flexibility index (Phi) is 4.25. The summed E-state index contributed by atoms with van der Waals surface area (Å²) in [5.74, 6) is -1.98. The van der Waals surface area contributed by atoms with Crippen LogP contribution in [-0.4, -0.2) is 27.4 Å². The van der Waals surface area contributed by atoms with Gasteiger partial charge in [-0.1, -0.05) is 29.8 Å². The Morgan fingerprint density at radius 3 is 2.18 bits per heavy atom. The number of allylic oxidation sites excluding steroid dienone is 1. The van der Waals surface area contributed by atoms with Gasteiger partial charge in [0.2, 0.25) is 0 Å². The van der Waals surface area contributed by atoms with Gasteiger partial charge < -0.3 is 10.2 Å². The molecule has 0 bridgehead atoms. The van der Waals surface area contributed by atoms with Crippen molar-refractivity contribution in [1.82, 2.24) is 0 Å². The van der Waals surface area contributed by atoms with Crippen molar-refractivity contribution in [1.29, 1.82) is 0 Å². The van der Waals surface area contributed by atoms with Crippen molar-refractivity contribution in [3.8, 4) is 0 Å². The van der Waals surface area contributed by atoms with Gasteiger partial charge in [-0.3, -0.25) is 9.59 Å². The van der Waals surface area contributed by atoms with Crippen molar-refractivity contribution < 1.29 is 19.8 Å². The lowest BCUT2D eigenvalue weighted by atomic mass is 9.64. The quantitative estimate of drug-likeness (QED) is 0.900. The molecule has 3 atom stereocenters. The van der Waals surface area contributed by atoms with Crippen LogP contribution in [-0.2, 0) is 9.59 Å². The number of carbonyl (C=O) groups excluding carboxylic acids is 2. The van der Waals surface area contributed by atoms with Crippen molar-refractivity contribution in [2.75, 3.05) is 0 Å². The Bertz CT molecular complexity index is 638. The molecule has 0 fully saturated rings. The molecule has 2 N–H and O–H groups in total. The summed E-state index contributed by atoms with van der Waals surface area (Å²) in [6.45, 7) is 6.28. The van der Waals surface area contributed by atoms with Crippen molar-refractivity contribution in [3.63, 3.8) is 0 Å². The van der Waals surface area contributed by atoms with Crippen LogP contribution in [0.3, 0.4) is 0 Å². The minimum atomic E-state index is -1.38. The molecule has 3 unspecified atom stereocenters. The van der Waals surface area contributed by atoms with Crippen molar-refractivity contribution in [2.45, 2.75) is 45.6 Å². The monoisotopic (exact) mass is 302 g/mol. The number of benzene rings is 1. The van der Waals surface area contributed by atoms with Gasteiger partial charge in [-0.05, 0) is 33.3 Å². The zero-order valence-electron chi connectivity index (χ0n) is 13.4. The van der Waals surface area contributed by atoms with Crippen LogP contribution in [0.25, 0.3) is 0 Å². The molecule has 0 amide bonds. The van der Waals surface area contributed by atoms with E-state index in [-0.39, 0.29) is 29.3 Å². The van der Waals surface area contributed by atoms with Crippen LogP contribution < -0.4 is 0 Å². The third-order valence-corrected chi connectivity index (χ3v) is 4.40. The number of Topliss-reactive ketones (excluding diaryl/α,β-unsaturated/α-hetero) is 2. The van der Waals surface area contributed by atoms with E-state index < -0.39 is 17.4 Å². The fraction of sp³-hybridized carbons (Fsp3) is 0.444. The summed E-state index contributed by atoms with van der Waals surface area (Å²) in [6, 6.07) is 7.47. The van der Waals surface area contributed by atoms with E-state index in [1.54, 1.807) is 0 Å². The number of aryl methyl sites for hydroxylation is 1. The topological polar surface area (TPSA) is 74.6 Å². The van der Waals surface area contributed by atoms with Gasteiger partial charge in [0.05, 0.1) is 11.5 Å². The van der Waals surface area contributed by atoms with Crippen LogP contribution in [0.15, 0.2) is 35.6 Å². The van der Waals surface area contributed by atoms with E-state index in [4.69, 9.17) is 0 Å². The highest BCUT2D eigenvalue weighted by atomic mass is 16.3. The molecule has 0 radical (unpaired) electrons. The predicted molar refractivity (Wildman–Crippen MR) is 83.7 cm³/mol. The second kappa shape index (κ2) is 5.69. The molecule has 1 aromatic rings. The molecule has 0 heterocycles. The second-order valence-electron chi connectivity index (χ2n) is 6.43. The molecule has 1 aliphatic rings. The van der Waals surface area contributed by atoms with Crippen LogP contribution in [0.1, 0.15) is 44.2 Å². The van der Waals surface area contributed by atoms with E-state index in [9.17, 15) is 19.8 Å². The van der Waals surface area contributed by atoms with Crippen molar-refractivity contribution in [2.24, 2.45) is 5.92 Å². The number of aliphatic hydroxyl groups excluding tert-OH is 1. The van der Waals surface area contributed by atoms with Gasteiger partial charge in [0.25, 0.3) is 0 Å². The van der Waals surface area contributed by atoms with Crippen molar-refractivity contribution >= 4 is 11.6 Å². The SMILES string of the molecule is CC(=O)C1=C(O)CC(C)(O)C(C(C)=O)C1c1ccc(C)cc1. The third kappa shape index (κ3) is 2.83. The van der Waals surface area contributed by atoms with E-state index in [1.165, 1.54) is 20.8 Å². The van der Waals surface area contributed by atoms with Crippen LogP contribution in [0, 0.1) is 12.8 Å². The number of hydrogen-bond acceptors (Lipinski definition) is 4. The van der Waals surface area contributed by atoms with Crippen molar-refractivity contribution in [3.05, 3.63) is 46.7 Å². The maximum absolute atomic E-state index is 12.2. The lowest BCUT2D eigenvalue weighted by Gasteiger charge is -2.42. The first-order chi connectivity index (χ1) is 10.1. The van der Waals surface area contributed by atoms with Gasteiger partial charge in [-0.15, -0.1) is 0 Å². The van der Waals surface area contributed by atoms with E-state index in [0.29, 0.717) is 0 Å². The summed E-state index contributed by atoms with van der Waals surface area (Å²) in [7, 11) is 0. The highest BCUT2D eigenvalue weighted by Crippen LogP contribution is 2.46. The molecule has 0 aliphatic heterocycles. The van der Waals surface area contributed by atoms with Crippen LogP contribution in [0.2, 0.25) is 0 Å². The Labute approximate surface area is 130 Å². The molecule has 1 aliphatic carbocycles. The summed E-state index contributed by atoms with van der Waals surface area (Å²) in [5.41, 5.74) is 0.658. The molecule has 0 saturated carbocycles. The molecule has 0 spiro atoms. The second-order valence-corrected chi connectivity index (χ2v) is 6.43. The molecule has 4 heteroatoms. The predicted octanol–water partition coefficient (Wildman–Crippen LogP) is 2.84. The highest BCUT2D eigenvalue weighted by Gasteiger charge is 2.49. The first-order valence-corrected chi connectivity index (χ1v) is 7.37. The van der Waals surface area contributed by atoms with Gasteiger partial charge in [0, 0.05) is 17.9 Å². The zero-order chi connectivity index (χ0) is 16.7. The minimum Gasteiger partial charge on any atom is -0.512 e. The molecule has 0 aromatic heterocycles. The summed E-state index contributed by atoms with van der Waals surface area (Å²) in [6.07, 6.45) is -0.0888. The largest absolute Gasteiger partial charge is 0.512 e. The molecule has 118 valence electrons. The molecule has 2 rings (SSSR count). The summed E-state index contributed by atoms with van der Waals surface area (Å²) in [5, 5.41) is 20.9. The van der Waals surface area contributed by atoms with E-state index in [0.717, 1.165) is 11.1 Å². The lowest BCUT2D eigenvalue weighted by molar-refractivity contribution is -0.132. The Morgan fingerprint density at radius 2 is 1.73 bits per heavy atom. The molecule has 22 heavy (non-hydrogen) atoms. The maximum Gasteiger partial charge on any atom is 0.159 e. The Morgan fingerprint density at radius 1 is 1.18 bits per heavy atom. The van der Waals surface area contributed by atoms with E-state index in [2.05, 4.69) is 0 Å². The van der Waals surface area contributed by atoms with Crippen LogP contribution in [0.4, 0.5) is 0 Å². The third-order valence-electron chi connectivity index (χ3n) is 4.40.